The number of rotatable bonds is 7. The number of piperidine rings is 1. The summed E-state index contributed by atoms with van der Waals surface area (Å²) in [5, 5.41) is 2.84. The standard InChI is InChI=1S/C24H28FN7O2/c1-2-10-34-16-5-6-18(25)17(11-16)23-29-12-19(27)22(31-23)24(33)30-20-13-28-8-7-21(20)32-9-3-4-15(26)14-32/h5-8,11-13,15H,2-4,9-10,14,26-27H2,1H3,(H,30,33). The largest absolute Gasteiger partial charge is 0.494 e. The molecule has 1 saturated heterocycles. The number of amides is 1. The number of anilines is 3. The molecule has 0 radical (unpaired) electrons. The van der Waals surface area contributed by atoms with Crippen LogP contribution in [0.2, 0.25) is 0 Å². The third kappa shape index (κ3) is 5.23. The Kier molecular flexibility index (Phi) is 7.17. The van der Waals surface area contributed by atoms with Crippen molar-refractivity contribution in [3.05, 3.63) is 54.4 Å². The summed E-state index contributed by atoms with van der Waals surface area (Å²) in [4.78, 5) is 27.8. The molecule has 9 nitrogen and oxygen atoms in total. The van der Waals surface area contributed by atoms with E-state index in [1.165, 1.54) is 24.4 Å². The second kappa shape index (κ2) is 10.4. The highest BCUT2D eigenvalue weighted by atomic mass is 19.1. The molecular weight excluding hydrogens is 437 g/mol. The molecule has 3 aromatic rings. The van der Waals surface area contributed by atoms with Crippen LogP contribution in [0.5, 0.6) is 5.75 Å². The van der Waals surface area contributed by atoms with Crippen LogP contribution in [0.25, 0.3) is 11.4 Å². The molecule has 0 saturated carbocycles. The maximum atomic E-state index is 14.6. The first-order valence-electron chi connectivity index (χ1n) is 11.3. The van der Waals surface area contributed by atoms with Crippen LogP contribution in [-0.4, -0.2) is 46.6 Å². The second-order valence-corrected chi connectivity index (χ2v) is 8.18. The van der Waals surface area contributed by atoms with E-state index in [-0.39, 0.29) is 28.8 Å². The highest BCUT2D eigenvalue weighted by molar-refractivity contribution is 6.07. The van der Waals surface area contributed by atoms with Crippen LogP contribution in [0.15, 0.2) is 42.9 Å². The lowest BCUT2D eigenvalue weighted by Crippen LogP contribution is -2.43. The van der Waals surface area contributed by atoms with Crippen molar-refractivity contribution in [2.24, 2.45) is 5.73 Å². The average molecular weight is 466 g/mol. The van der Waals surface area contributed by atoms with E-state index in [0.717, 1.165) is 31.5 Å². The molecule has 0 spiro atoms. The molecular formula is C24H28FN7O2. The van der Waals surface area contributed by atoms with Gasteiger partial charge in [-0.3, -0.25) is 9.78 Å². The van der Waals surface area contributed by atoms with Crippen molar-refractivity contribution >= 4 is 23.0 Å². The quantitative estimate of drug-likeness (QED) is 0.484. The molecule has 4 rings (SSSR count). The second-order valence-electron chi connectivity index (χ2n) is 8.18. The van der Waals surface area contributed by atoms with Crippen LogP contribution in [0.1, 0.15) is 36.7 Å². The molecule has 178 valence electrons. The Morgan fingerprint density at radius 3 is 2.97 bits per heavy atom. The normalized spacial score (nSPS) is 15.7. The minimum Gasteiger partial charge on any atom is -0.494 e. The Morgan fingerprint density at radius 1 is 1.32 bits per heavy atom. The zero-order valence-electron chi connectivity index (χ0n) is 19.0. The van der Waals surface area contributed by atoms with E-state index >= 15 is 0 Å². The number of hydrogen-bond donors (Lipinski definition) is 3. The van der Waals surface area contributed by atoms with Crippen LogP contribution >= 0.6 is 0 Å². The van der Waals surface area contributed by atoms with E-state index < -0.39 is 11.7 Å². The van der Waals surface area contributed by atoms with E-state index in [4.69, 9.17) is 16.2 Å². The fourth-order valence-electron chi connectivity index (χ4n) is 3.86. The van der Waals surface area contributed by atoms with E-state index in [0.29, 0.717) is 24.6 Å². The van der Waals surface area contributed by atoms with Crippen molar-refractivity contribution in [2.45, 2.75) is 32.2 Å². The number of nitrogens with two attached hydrogens (primary N) is 2. The van der Waals surface area contributed by atoms with Crippen LogP contribution in [0.3, 0.4) is 0 Å². The van der Waals surface area contributed by atoms with E-state index in [9.17, 15) is 9.18 Å². The molecule has 1 aliphatic heterocycles. The first-order valence-corrected chi connectivity index (χ1v) is 11.3. The molecule has 1 atom stereocenters. The van der Waals surface area contributed by atoms with Crippen LogP contribution in [0.4, 0.5) is 21.5 Å². The van der Waals surface area contributed by atoms with Crippen molar-refractivity contribution in [3.8, 4) is 17.1 Å². The van der Waals surface area contributed by atoms with Gasteiger partial charge in [-0.1, -0.05) is 6.92 Å². The number of pyridine rings is 1. The van der Waals surface area contributed by atoms with Crippen molar-refractivity contribution in [1.29, 1.82) is 0 Å². The van der Waals surface area contributed by atoms with E-state index in [1.54, 1.807) is 12.4 Å². The molecule has 3 heterocycles. The molecule has 0 bridgehead atoms. The molecule has 34 heavy (non-hydrogen) atoms. The lowest BCUT2D eigenvalue weighted by atomic mass is 10.1. The van der Waals surface area contributed by atoms with Crippen molar-refractivity contribution in [3.63, 3.8) is 0 Å². The van der Waals surface area contributed by atoms with E-state index in [2.05, 4.69) is 25.2 Å². The Labute approximate surface area is 197 Å². The molecule has 10 heteroatoms. The first-order chi connectivity index (χ1) is 16.5. The maximum Gasteiger partial charge on any atom is 0.276 e. The lowest BCUT2D eigenvalue weighted by molar-refractivity contribution is 0.102. The lowest BCUT2D eigenvalue weighted by Gasteiger charge is -2.33. The van der Waals surface area contributed by atoms with Gasteiger partial charge in [0.1, 0.15) is 11.6 Å². The summed E-state index contributed by atoms with van der Waals surface area (Å²) in [6.45, 7) is 3.99. The van der Waals surface area contributed by atoms with Crippen LogP contribution < -0.4 is 26.4 Å². The van der Waals surface area contributed by atoms with Gasteiger partial charge in [0, 0.05) is 25.3 Å². The molecule has 1 fully saturated rings. The first kappa shape index (κ1) is 23.4. The van der Waals surface area contributed by atoms with E-state index in [1.807, 2.05) is 13.0 Å². The van der Waals surface area contributed by atoms with Crippen LogP contribution in [-0.2, 0) is 0 Å². The highest BCUT2D eigenvalue weighted by Crippen LogP contribution is 2.29. The summed E-state index contributed by atoms with van der Waals surface area (Å²) in [6.07, 6.45) is 7.27. The zero-order valence-corrected chi connectivity index (χ0v) is 19.0. The van der Waals surface area contributed by atoms with Gasteiger partial charge in [-0.2, -0.15) is 0 Å². The summed E-state index contributed by atoms with van der Waals surface area (Å²) < 4.78 is 20.1. The molecule has 1 aromatic carbocycles. The topological polar surface area (TPSA) is 132 Å². The van der Waals surface area contributed by atoms with Crippen molar-refractivity contribution in [2.75, 3.05) is 35.6 Å². The summed E-state index contributed by atoms with van der Waals surface area (Å²) in [6, 6.07) is 6.23. The molecule has 2 aromatic heterocycles. The number of ether oxygens (including phenoxy) is 1. The predicted octanol–water partition coefficient (Wildman–Crippen LogP) is 3.23. The Bertz CT molecular complexity index is 1170. The van der Waals surface area contributed by atoms with Gasteiger partial charge in [0.15, 0.2) is 11.5 Å². The van der Waals surface area contributed by atoms with Gasteiger partial charge in [0.2, 0.25) is 0 Å². The number of carbonyl (C=O) groups excluding carboxylic acids is 1. The smallest absolute Gasteiger partial charge is 0.276 e. The van der Waals surface area contributed by atoms with Crippen molar-refractivity contribution in [1.82, 2.24) is 15.0 Å². The maximum absolute atomic E-state index is 14.6. The van der Waals surface area contributed by atoms with Gasteiger partial charge < -0.3 is 26.4 Å². The fraction of sp³-hybridized carbons (Fsp3) is 0.333. The third-order valence-corrected chi connectivity index (χ3v) is 5.53. The summed E-state index contributed by atoms with van der Waals surface area (Å²) in [5.41, 5.74) is 13.6. The van der Waals surface area contributed by atoms with Gasteiger partial charge in [-0.25, -0.2) is 14.4 Å². The number of nitrogens with one attached hydrogen (secondary N) is 1. The molecule has 1 aliphatic rings. The van der Waals surface area contributed by atoms with Gasteiger partial charge in [-0.05, 0) is 43.5 Å². The number of nitrogens with zero attached hydrogens (tertiary/aromatic N) is 4. The van der Waals surface area contributed by atoms with Gasteiger partial charge in [0.25, 0.3) is 5.91 Å². The monoisotopic (exact) mass is 465 g/mol. The third-order valence-electron chi connectivity index (χ3n) is 5.53. The fourth-order valence-corrected chi connectivity index (χ4v) is 3.86. The summed E-state index contributed by atoms with van der Waals surface area (Å²) >= 11 is 0. The van der Waals surface area contributed by atoms with Gasteiger partial charge in [-0.15, -0.1) is 0 Å². The number of nitrogen functional groups attached to an aromatic ring is 1. The molecule has 5 N–H and O–H groups in total. The van der Waals surface area contributed by atoms with Gasteiger partial charge >= 0.3 is 0 Å². The summed E-state index contributed by atoms with van der Waals surface area (Å²) in [7, 11) is 0. The number of halogens is 1. The van der Waals surface area contributed by atoms with Crippen molar-refractivity contribution < 1.29 is 13.9 Å². The number of benzene rings is 1. The van der Waals surface area contributed by atoms with Crippen LogP contribution in [0, 0.1) is 5.82 Å². The minimum absolute atomic E-state index is 0.0345. The summed E-state index contributed by atoms with van der Waals surface area (Å²) in [5.74, 6) is -0.553. The molecule has 1 unspecified atom stereocenters. The minimum atomic E-state index is -0.546. The predicted molar refractivity (Wildman–Crippen MR) is 129 cm³/mol. The zero-order chi connectivity index (χ0) is 24.1. The molecule has 0 aliphatic carbocycles. The SMILES string of the molecule is CCCOc1ccc(F)c(-c2ncc(N)c(C(=O)Nc3cnccc3N3CCCC(N)C3)n2)c1. The number of aromatic nitrogens is 3. The highest BCUT2D eigenvalue weighted by Gasteiger charge is 2.22. The Balaban J connectivity index is 1.61. The Hall–Kier alpha value is -3.79. The number of hydrogen-bond acceptors (Lipinski definition) is 8. The molecule has 1 amide bonds. The Morgan fingerprint density at radius 2 is 2.18 bits per heavy atom. The number of carbonyl (C=O) groups is 1. The average Bonchev–Trinajstić information content (AvgIpc) is 2.84. The van der Waals surface area contributed by atoms with Gasteiger partial charge in [0.05, 0.1) is 41.6 Å².